The van der Waals surface area contributed by atoms with Gasteiger partial charge in [0, 0.05) is 16.5 Å². The van der Waals surface area contributed by atoms with E-state index in [9.17, 15) is 19.5 Å². The van der Waals surface area contributed by atoms with Gasteiger partial charge in [-0.25, -0.2) is 0 Å². The fourth-order valence-electron chi connectivity index (χ4n) is 6.01. The summed E-state index contributed by atoms with van der Waals surface area (Å²) in [7, 11) is 0. The number of thioether (sulfide) groups is 1. The highest BCUT2D eigenvalue weighted by Gasteiger charge is 2.77. The van der Waals surface area contributed by atoms with Crippen LogP contribution in [0.3, 0.4) is 0 Å². The van der Waals surface area contributed by atoms with Crippen LogP contribution in [0.1, 0.15) is 47.5 Å². The van der Waals surface area contributed by atoms with Crippen molar-refractivity contribution in [2.75, 3.05) is 18.5 Å². The summed E-state index contributed by atoms with van der Waals surface area (Å²) in [4.78, 5) is 42.4. The number of nitrogens with zero attached hydrogens (tertiary/aromatic N) is 1. The predicted molar refractivity (Wildman–Crippen MR) is 132 cm³/mol. The second kappa shape index (κ2) is 9.07. The van der Waals surface area contributed by atoms with Crippen LogP contribution in [0.4, 0.5) is 5.69 Å². The topological polar surface area (TPSA) is 108 Å². The molecule has 3 aliphatic heterocycles. The van der Waals surface area contributed by atoms with E-state index in [1.54, 1.807) is 43.0 Å². The molecule has 0 aromatic heterocycles. The highest BCUT2D eigenvalue weighted by Crippen LogP contribution is 2.71. The molecule has 186 valence electrons. The number of hydrogen-bond donors (Lipinski definition) is 3. The van der Waals surface area contributed by atoms with Crippen molar-refractivity contribution in [1.82, 2.24) is 10.2 Å². The first-order valence-electron chi connectivity index (χ1n) is 12.0. The van der Waals surface area contributed by atoms with Gasteiger partial charge in [0.05, 0.1) is 35.8 Å². The number of fused-ring (bicyclic) bond motifs is 1. The fraction of sp³-hybridized carbons (Fsp3) is 0.640. The SMILES string of the molecule is CCOc1ccc(NC(=O)[C@H]2[C@H]3C(=O)N([C@H](C)CO)C(C(=O)NC(C)C)C34CC[C@]2(C)S4)cc1. The molecule has 1 aromatic rings. The summed E-state index contributed by atoms with van der Waals surface area (Å²) in [5, 5.41) is 15.9. The first-order chi connectivity index (χ1) is 16.1. The molecular formula is C25H35N3O5S. The summed E-state index contributed by atoms with van der Waals surface area (Å²) in [6, 6.07) is 5.86. The van der Waals surface area contributed by atoms with Gasteiger partial charge < -0.3 is 25.4 Å². The summed E-state index contributed by atoms with van der Waals surface area (Å²) in [5.41, 5.74) is 0.638. The van der Waals surface area contributed by atoms with Crippen LogP contribution in [0, 0.1) is 11.8 Å². The van der Waals surface area contributed by atoms with Crippen molar-refractivity contribution in [3.05, 3.63) is 24.3 Å². The number of anilines is 1. The lowest BCUT2D eigenvalue weighted by Gasteiger charge is -2.36. The highest BCUT2D eigenvalue weighted by atomic mass is 32.2. The predicted octanol–water partition coefficient (Wildman–Crippen LogP) is 2.41. The van der Waals surface area contributed by atoms with Crippen LogP contribution in [-0.2, 0) is 14.4 Å². The fourth-order valence-corrected chi connectivity index (χ4v) is 8.35. The number of likely N-dealkylation sites (tertiary alicyclic amines) is 1. The Morgan fingerprint density at radius 1 is 1.21 bits per heavy atom. The first-order valence-corrected chi connectivity index (χ1v) is 12.9. The van der Waals surface area contributed by atoms with E-state index in [0.29, 0.717) is 18.7 Å². The Morgan fingerprint density at radius 2 is 1.88 bits per heavy atom. The largest absolute Gasteiger partial charge is 0.494 e. The third kappa shape index (κ3) is 3.86. The number of amides is 3. The molecule has 3 amide bonds. The van der Waals surface area contributed by atoms with Crippen LogP contribution in [0.15, 0.2) is 24.3 Å². The number of aliphatic hydroxyl groups is 1. The molecule has 3 saturated heterocycles. The minimum atomic E-state index is -0.718. The van der Waals surface area contributed by atoms with Gasteiger partial charge >= 0.3 is 0 Å². The number of carbonyl (C=O) groups is 3. The lowest BCUT2D eigenvalue weighted by atomic mass is 9.66. The molecule has 2 bridgehead atoms. The lowest BCUT2D eigenvalue weighted by molar-refractivity contribution is -0.142. The van der Waals surface area contributed by atoms with Crippen molar-refractivity contribution < 1.29 is 24.2 Å². The van der Waals surface area contributed by atoms with Gasteiger partial charge in [0.25, 0.3) is 0 Å². The van der Waals surface area contributed by atoms with Crippen LogP contribution in [0.5, 0.6) is 5.75 Å². The molecule has 3 N–H and O–H groups in total. The Labute approximate surface area is 205 Å². The molecular weight excluding hydrogens is 454 g/mol. The Kier molecular flexibility index (Phi) is 6.63. The van der Waals surface area contributed by atoms with Gasteiger partial charge in [-0.15, -0.1) is 11.8 Å². The zero-order chi connectivity index (χ0) is 24.8. The van der Waals surface area contributed by atoms with Crippen molar-refractivity contribution in [3.8, 4) is 5.75 Å². The van der Waals surface area contributed by atoms with Crippen molar-refractivity contribution in [2.45, 2.75) is 75.1 Å². The third-order valence-corrected chi connectivity index (χ3v) is 9.33. The van der Waals surface area contributed by atoms with Crippen LogP contribution < -0.4 is 15.4 Å². The molecule has 0 radical (unpaired) electrons. The van der Waals surface area contributed by atoms with Gasteiger partial charge in [0.2, 0.25) is 17.7 Å². The van der Waals surface area contributed by atoms with Crippen LogP contribution in [0.25, 0.3) is 0 Å². The molecule has 0 aliphatic carbocycles. The Hall–Kier alpha value is -2.26. The Bertz CT molecular complexity index is 970. The zero-order valence-corrected chi connectivity index (χ0v) is 21.3. The molecule has 4 rings (SSSR count). The standard InChI is InChI=1S/C25H35N3O5S/c1-6-33-17-9-7-16(8-10-17)27-21(30)18-19-23(32)28(15(4)13-29)20(22(31)26-14(2)3)25(19)12-11-24(18,5)34-25/h7-10,14-15,18-20,29H,6,11-13H2,1-5H3,(H,26,31)(H,27,30)/t15-,18-,19+,20?,24+,25?/m1/s1. The van der Waals surface area contributed by atoms with Crippen LogP contribution in [0.2, 0.25) is 0 Å². The molecule has 9 heteroatoms. The number of carbonyl (C=O) groups excluding carboxylic acids is 3. The maximum absolute atomic E-state index is 13.8. The number of rotatable bonds is 8. The Morgan fingerprint density at radius 3 is 2.47 bits per heavy atom. The summed E-state index contributed by atoms with van der Waals surface area (Å²) in [6.07, 6.45) is 1.43. The van der Waals surface area contributed by atoms with Gasteiger partial charge in [0.1, 0.15) is 11.8 Å². The second-order valence-corrected chi connectivity index (χ2v) is 12.0. The third-order valence-electron chi connectivity index (χ3n) is 7.35. The summed E-state index contributed by atoms with van der Waals surface area (Å²) < 4.78 is 4.34. The average Bonchev–Trinajstić information content (AvgIpc) is 3.35. The quantitative estimate of drug-likeness (QED) is 0.518. The maximum atomic E-state index is 13.8. The van der Waals surface area contributed by atoms with E-state index in [-0.39, 0.29) is 30.4 Å². The number of ether oxygens (including phenoxy) is 1. The van der Waals surface area contributed by atoms with E-state index in [1.807, 2.05) is 27.7 Å². The smallest absolute Gasteiger partial charge is 0.244 e. The highest BCUT2D eigenvalue weighted by molar-refractivity contribution is 8.02. The van der Waals surface area contributed by atoms with Crippen molar-refractivity contribution in [2.24, 2.45) is 11.8 Å². The Balaban J connectivity index is 1.67. The molecule has 3 aliphatic rings. The van der Waals surface area contributed by atoms with Crippen molar-refractivity contribution >= 4 is 35.2 Å². The van der Waals surface area contributed by atoms with E-state index in [4.69, 9.17) is 4.74 Å². The number of aliphatic hydroxyl groups excluding tert-OH is 1. The average molecular weight is 490 g/mol. The molecule has 3 heterocycles. The molecule has 2 unspecified atom stereocenters. The van der Waals surface area contributed by atoms with E-state index in [2.05, 4.69) is 10.6 Å². The number of benzene rings is 1. The normalized spacial score (nSPS) is 32.6. The van der Waals surface area contributed by atoms with E-state index in [0.717, 1.165) is 12.2 Å². The van der Waals surface area contributed by atoms with Crippen LogP contribution >= 0.6 is 11.8 Å². The van der Waals surface area contributed by atoms with Crippen LogP contribution in [-0.4, -0.2) is 68.6 Å². The monoisotopic (exact) mass is 489 g/mol. The lowest BCUT2D eigenvalue weighted by Crippen LogP contribution is -2.57. The summed E-state index contributed by atoms with van der Waals surface area (Å²) in [5.74, 6) is -1.10. The van der Waals surface area contributed by atoms with E-state index >= 15 is 0 Å². The molecule has 3 fully saturated rings. The zero-order valence-electron chi connectivity index (χ0n) is 20.5. The van der Waals surface area contributed by atoms with Gasteiger partial charge in [-0.1, -0.05) is 0 Å². The number of hydrogen-bond acceptors (Lipinski definition) is 6. The molecule has 1 spiro atoms. The van der Waals surface area contributed by atoms with Gasteiger partial charge in [-0.3, -0.25) is 14.4 Å². The molecule has 6 atom stereocenters. The van der Waals surface area contributed by atoms with Gasteiger partial charge in [0.15, 0.2) is 0 Å². The maximum Gasteiger partial charge on any atom is 0.244 e. The second-order valence-electron chi connectivity index (χ2n) is 10.1. The summed E-state index contributed by atoms with van der Waals surface area (Å²) in [6.45, 7) is 9.78. The minimum Gasteiger partial charge on any atom is -0.494 e. The molecule has 34 heavy (non-hydrogen) atoms. The van der Waals surface area contributed by atoms with E-state index < -0.39 is 33.4 Å². The van der Waals surface area contributed by atoms with E-state index in [1.165, 1.54) is 4.90 Å². The van der Waals surface area contributed by atoms with Crippen molar-refractivity contribution in [1.29, 1.82) is 0 Å². The minimum absolute atomic E-state index is 0.0812. The molecule has 1 aromatic carbocycles. The van der Waals surface area contributed by atoms with Gasteiger partial charge in [-0.2, -0.15) is 0 Å². The van der Waals surface area contributed by atoms with Crippen molar-refractivity contribution in [3.63, 3.8) is 0 Å². The van der Waals surface area contributed by atoms with Gasteiger partial charge in [-0.05, 0) is 71.7 Å². The molecule has 8 nitrogen and oxygen atoms in total. The number of nitrogens with one attached hydrogen (secondary N) is 2. The summed E-state index contributed by atoms with van der Waals surface area (Å²) >= 11 is 1.62. The first kappa shape index (κ1) is 24.9. The molecule has 0 saturated carbocycles.